The topological polar surface area (TPSA) is 61.4 Å². The number of piperidine rings is 1. The summed E-state index contributed by atoms with van der Waals surface area (Å²) in [5, 5.41) is 6.34. The molecule has 1 atom stereocenters. The van der Waals surface area contributed by atoms with E-state index in [0.717, 1.165) is 38.0 Å². The van der Waals surface area contributed by atoms with Gasteiger partial charge in [0.2, 0.25) is 11.8 Å². The lowest BCUT2D eigenvalue weighted by molar-refractivity contribution is -0.122. The van der Waals surface area contributed by atoms with Crippen molar-refractivity contribution in [2.24, 2.45) is 0 Å². The van der Waals surface area contributed by atoms with Gasteiger partial charge in [-0.2, -0.15) is 0 Å². The van der Waals surface area contributed by atoms with Gasteiger partial charge in [0, 0.05) is 37.7 Å². The summed E-state index contributed by atoms with van der Waals surface area (Å²) in [6.07, 6.45) is 3.82. The van der Waals surface area contributed by atoms with Crippen molar-refractivity contribution < 1.29 is 9.59 Å². The van der Waals surface area contributed by atoms with E-state index in [0.29, 0.717) is 19.4 Å². The van der Waals surface area contributed by atoms with Crippen molar-refractivity contribution in [1.29, 1.82) is 0 Å². The highest BCUT2D eigenvalue weighted by molar-refractivity contribution is 5.97. The molecule has 2 heterocycles. The van der Waals surface area contributed by atoms with Gasteiger partial charge in [-0.25, -0.2) is 0 Å². The molecule has 0 saturated carbocycles. The first-order valence-electron chi connectivity index (χ1n) is 8.12. The summed E-state index contributed by atoms with van der Waals surface area (Å²) in [4.78, 5) is 26.0. The number of nitrogens with zero attached hydrogens (tertiary/aromatic N) is 1. The molecule has 2 aliphatic rings. The van der Waals surface area contributed by atoms with Crippen LogP contribution in [-0.4, -0.2) is 37.5 Å². The summed E-state index contributed by atoms with van der Waals surface area (Å²) in [6, 6.07) is 8.19. The Labute approximate surface area is 143 Å². The number of amides is 2. The van der Waals surface area contributed by atoms with Crippen LogP contribution in [0.4, 0.5) is 5.69 Å². The van der Waals surface area contributed by atoms with Gasteiger partial charge in [-0.3, -0.25) is 9.59 Å². The standard InChI is InChI=1S/C17H23N3O2.ClH/c21-16(19-14-5-3-10-18-12-14)9-11-20-15-6-2-1-4-13(15)7-8-17(20)22;/h1-2,4,6,14,18H,3,5,7-12H2,(H,19,21);1H. The Kier molecular flexibility index (Phi) is 6.42. The lowest BCUT2D eigenvalue weighted by Crippen LogP contribution is -2.46. The van der Waals surface area contributed by atoms with Crippen LogP contribution in [0.15, 0.2) is 24.3 Å². The fourth-order valence-electron chi connectivity index (χ4n) is 3.23. The normalized spacial score (nSPS) is 20.4. The van der Waals surface area contributed by atoms with Gasteiger partial charge in [0.1, 0.15) is 0 Å². The number of hydrogen-bond acceptors (Lipinski definition) is 3. The minimum absolute atomic E-state index is 0. The third kappa shape index (κ3) is 4.45. The van der Waals surface area contributed by atoms with E-state index in [2.05, 4.69) is 16.7 Å². The quantitative estimate of drug-likeness (QED) is 0.878. The fourth-order valence-corrected chi connectivity index (χ4v) is 3.23. The van der Waals surface area contributed by atoms with Crippen LogP contribution in [0.3, 0.4) is 0 Å². The number of rotatable bonds is 4. The summed E-state index contributed by atoms with van der Waals surface area (Å²) in [5.41, 5.74) is 2.16. The van der Waals surface area contributed by atoms with E-state index < -0.39 is 0 Å². The number of para-hydroxylation sites is 1. The van der Waals surface area contributed by atoms with E-state index in [1.54, 1.807) is 4.90 Å². The van der Waals surface area contributed by atoms with Crippen LogP contribution in [0.25, 0.3) is 0 Å². The maximum atomic E-state index is 12.1. The highest BCUT2D eigenvalue weighted by Gasteiger charge is 2.24. The SMILES string of the molecule is Cl.O=C(CCN1C(=O)CCc2ccccc21)NC1CCCNC1. The first kappa shape index (κ1) is 17.8. The van der Waals surface area contributed by atoms with E-state index in [1.807, 2.05) is 18.2 Å². The van der Waals surface area contributed by atoms with Gasteiger partial charge < -0.3 is 15.5 Å². The van der Waals surface area contributed by atoms with E-state index in [4.69, 9.17) is 0 Å². The van der Waals surface area contributed by atoms with Gasteiger partial charge >= 0.3 is 0 Å². The number of nitrogens with one attached hydrogen (secondary N) is 2. The lowest BCUT2D eigenvalue weighted by Gasteiger charge is -2.29. The van der Waals surface area contributed by atoms with Gasteiger partial charge in [0.15, 0.2) is 0 Å². The molecule has 0 aliphatic carbocycles. The second-order valence-corrected chi connectivity index (χ2v) is 6.03. The predicted molar refractivity (Wildman–Crippen MR) is 93.0 cm³/mol. The molecule has 1 aromatic rings. The van der Waals surface area contributed by atoms with Crippen molar-refractivity contribution in [1.82, 2.24) is 10.6 Å². The maximum absolute atomic E-state index is 12.1. The molecule has 2 amide bonds. The van der Waals surface area contributed by atoms with E-state index in [-0.39, 0.29) is 30.3 Å². The van der Waals surface area contributed by atoms with Crippen LogP contribution in [0.5, 0.6) is 0 Å². The molecule has 23 heavy (non-hydrogen) atoms. The van der Waals surface area contributed by atoms with Crippen molar-refractivity contribution in [3.63, 3.8) is 0 Å². The fraction of sp³-hybridized carbons (Fsp3) is 0.529. The largest absolute Gasteiger partial charge is 0.352 e. The highest BCUT2D eigenvalue weighted by atomic mass is 35.5. The van der Waals surface area contributed by atoms with Crippen LogP contribution >= 0.6 is 12.4 Å². The Morgan fingerprint density at radius 2 is 2.13 bits per heavy atom. The zero-order valence-corrected chi connectivity index (χ0v) is 14.0. The summed E-state index contributed by atoms with van der Waals surface area (Å²) in [5.74, 6) is 0.149. The number of aryl methyl sites for hydroxylation is 1. The van der Waals surface area contributed by atoms with E-state index in [1.165, 1.54) is 5.56 Å². The lowest BCUT2D eigenvalue weighted by atomic mass is 10.0. The summed E-state index contributed by atoms with van der Waals surface area (Å²) >= 11 is 0. The minimum Gasteiger partial charge on any atom is -0.352 e. The first-order chi connectivity index (χ1) is 10.7. The molecule has 5 nitrogen and oxygen atoms in total. The molecule has 1 unspecified atom stereocenters. The Hall–Kier alpha value is -1.59. The molecule has 1 saturated heterocycles. The molecular formula is C17H24ClN3O2. The Balaban J connectivity index is 0.00000192. The number of anilines is 1. The first-order valence-corrected chi connectivity index (χ1v) is 8.12. The van der Waals surface area contributed by atoms with Crippen molar-refractivity contribution in [2.45, 2.75) is 38.1 Å². The zero-order chi connectivity index (χ0) is 15.4. The van der Waals surface area contributed by atoms with Gasteiger partial charge in [-0.15, -0.1) is 12.4 Å². The van der Waals surface area contributed by atoms with E-state index >= 15 is 0 Å². The smallest absolute Gasteiger partial charge is 0.227 e. The molecule has 126 valence electrons. The summed E-state index contributed by atoms with van der Waals surface area (Å²) in [7, 11) is 0. The number of carbonyl (C=O) groups is 2. The van der Waals surface area contributed by atoms with Crippen molar-refractivity contribution >= 4 is 29.9 Å². The van der Waals surface area contributed by atoms with Gasteiger partial charge in [-0.05, 0) is 37.4 Å². The third-order valence-electron chi connectivity index (χ3n) is 4.42. The minimum atomic E-state index is 0. The van der Waals surface area contributed by atoms with Gasteiger partial charge in [-0.1, -0.05) is 18.2 Å². The monoisotopic (exact) mass is 337 g/mol. The second-order valence-electron chi connectivity index (χ2n) is 6.03. The van der Waals surface area contributed by atoms with Gasteiger partial charge in [0.25, 0.3) is 0 Å². The van der Waals surface area contributed by atoms with Gasteiger partial charge in [0.05, 0.1) is 0 Å². The molecule has 0 aromatic heterocycles. The second kappa shape index (κ2) is 8.31. The Morgan fingerprint density at radius 3 is 2.91 bits per heavy atom. The summed E-state index contributed by atoms with van der Waals surface area (Å²) < 4.78 is 0. The van der Waals surface area contributed by atoms with Crippen molar-refractivity contribution in [3.05, 3.63) is 29.8 Å². The van der Waals surface area contributed by atoms with Crippen LogP contribution in [0, 0.1) is 0 Å². The zero-order valence-electron chi connectivity index (χ0n) is 13.2. The molecule has 2 N–H and O–H groups in total. The third-order valence-corrected chi connectivity index (χ3v) is 4.42. The van der Waals surface area contributed by atoms with Crippen LogP contribution < -0.4 is 15.5 Å². The molecule has 0 spiro atoms. The molecule has 6 heteroatoms. The average molecular weight is 338 g/mol. The highest BCUT2D eigenvalue weighted by Crippen LogP contribution is 2.27. The van der Waals surface area contributed by atoms with Crippen LogP contribution in [0.2, 0.25) is 0 Å². The maximum Gasteiger partial charge on any atom is 0.227 e. The molecule has 3 rings (SSSR count). The number of fused-ring (bicyclic) bond motifs is 1. The average Bonchev–Trinajstić information content (AvgIpc) is 2.55. The van der Waals surface area contributed by atoms with Crippen molar-refractivity contribution in [2.75, 3.05) is 24.5 Å². The molecule has 0 radical (unpaired) electrons. The number of benzene rings is 1. The Bertz CT molecular complexity index is 559. The molecule has 2 aliphatic heterocycles. The molecule has 1 aromatic carbocycles. The predicted octanol–water partition coefficient (Wildman–Crippen LogP) is 1.65. The number of hydrogen-bond donors (Lipinski definition) is 2. The molecule has 1 fully saturated rings. The van der Waals surface area contributed by atoms with Crippen molar-refractivity contribution in [3.8, 4) is 0 Å². The Morgan fingerprint density at radius 1 is 1.30 bits per heavy atom. The number of carbonyl (C=O) groups excluding carboxylic acids is 2. The van der Waals surface area contributed by atoms with Crippen LogP contribution in [-0.2, 0) is 16.0 Å². The van der Waals surface area contributed by atoms with Crippen LogP contribution in [0.1, 0.15) is 31.2 Å². The molecular weight excluding hydrogens is 314 g/mol. The van der Waals surface area contributed by atoms with E-state index in [9.17, 15) is 9.59 Å². The summed E-state index contributed by atoms with van der Waals surface area (Å²) in [6.45, 7) is 2.34. The number of halogens is 1. The molecule has 0 bridgehead atoms.